The van der Waals surface area contributed by atoms with Gasteiger partial charge in [-0.25, -0.2) is 9.36 Å². The number of nitrogens with zero attached hydrogens (tertiary/aromatic N) is 6. The molecule has 0 aliphatic carbocycles. The van der Waals surface area contributed by atoms with Crippen LogP contribution in [0, 0.1) is 6.92 Å². The van der Waals surface area contributed by atoms with Crippen LogP contribution in [0.2, 0.25) is 5.15 Å². The molecule has 2 aromatic carbocycles. The number of rotatable bonds is 5. The molecule has 1 N–H and O–H groups in total. The molecule has 0 aliphatic heterocycles. The fourth-order valence-corrected chi connectivity index (χ4v) is 3.16. The van der Waals surface area contributed by atoms with Gasteiger partial charge in [0.1, 0.15) is 11.5 Å². The Hall–Kier alpha value is -3.52. The summed E-state index contributed by atoms with van der Waals surface area (Å²) in [5.74, 6) is -0.308. The molecular weight excluding hydrogens is 378 g/mol. The van der Waals surface area contributed by atoms with Crippen molar-refractivity contribution in [3.05, 3.63) is 82.9 Å². The zero-order valence-electron chi connectivity index (χ0n) is 15.0. The summed E-state index contributed by atoms with van der Waals surface area (Å²) in [6.45, 7) is 2.26. The fraction of sp³-hybridized carbons (Fsp3) is 0.105. The zero-order chi connectivity index (χ0) is 19.5. The first-order chi connectivity index (χ1) is 13.6. The van der Waals surface area contributed by atoms with E-state index in [1.165, 1.54) is 11.0 Å². The summed E-state index contributed by atoms with van der Waals surface area (Å²) >= 11 is 6.45. The van der Waals surface area contributed by atoms with Crippen molar-refractivity contribution in [1.29, 1.82) is 0 Å². The van der Waals surface area contributed by atoms with Crippen LogP contribution in [-0.4, -0.2) is 35.9 Å². The minimum atomic E-state index is -0.308. The van der Waals surface area contributed by atoms with Crippen LogP contribution in [-0.2, 0) is 6.54 Å². The van der Waals surface area contributed by atoms with Crippen molar-refractivity contribution in [2.75, 3.05) is 5.32 Å². The maximum Gasteiger partial charge on any atom is 0.260 e. The second kappa shape index (κ2) is 7.61. The Kier molecular flexibility index (Phi) is 4.86. The number of anilines is 1. The maximum absolute atomic E-state index is 12.7. The Morgan fingerprint density at radius 1 is 1.11 bits per heavy atom. The van der Waals surface area contributed by atoms with Crippen molar-refractivity contribution in [1.82, 2.24) is 30.0 Å². The molecule has 0 unspecified atom stereocenters. The predicted octanol–water partition coefficient (Wildman–Crippen LogP) is 3.12. The summed E-state index contributed by atoms with van der Waals surface area (Å²) in [6, 6.07) is 17.0. The van der Waals surface area contributed by atoms with Crippen LogP contribution in [0.3, 0.4) is 0 Å². The lowest BCUT2D eigenvalue weighted by atomic mass is 10.2. The van der Waals surface area contributed by atoms with E-state index in [0.717, 1.165) is 11.3 Å². The van der Waals surface area contributed by atoms with Gasteiger partial charge in [-0.05, 0) is 47.2 Å². The Morgan fingerprint density at radius 3 is 2.54 bits per heavy atom. The molecule has 0 radical (unpaired) electrons. The maximum atomic E-state index is 12.7. The summed E-state index contributed by atoms with van der Waals surface area (Å²) in [5.41, 5.74) is 3.41. The molecule has 4 rings (SSSR count). The Balaban J connectivity index is 1.52. The standard InChI is InChI=1S/C19H16ClN7O/c1-13-17(18(20)26(23-13)11-14-5-3-2-4-6-14)19(28)22-15-7-9-16(10-8-15)27-12-21-24-25-27/h2-10,12H,11H2,1H3,(H,22,28). The molecule has 2 aromatic heterocycles. The van der Waals surface area contributed by atoms with E-state index in [2.05, 4.69) is 25.9 Å². The van der Waals surface area contributed by atoms with Gasteiger partial charge in [-0.2, -0.15) is 5.10 Å². The summed E-state index contributed by atoms with van der Waals surface area (Å²) in [5, 5.41) is 18.6. The van der Waals surface area contributed by atoms with E-state index in [1.54, 1.807) is 35.9 Å². The van der Waals surface area contributed by atoms with Crippen LogP contribution in [0.4, 0.5) is 5.69 Å². The average Bonchev–Trinajstić information content (AvgIpc) is 3.32. The Morgan fingerprint density at radius 2 is 1.86 bits per heavy atom. The minimum Gasteiger partial charge on any atom is -0.322 e. The highest BCUT2D eigenvalue weighted by atomic mass is 35.5. The number of halogens is 1. The molecule has 4 aromatic rings. The molecule has 9 heteroatoms. The molecule has 0 saturated heterocycles. The van der Waals surface area contributed by atoms with Gasteiger partial charge in [0.15, 0.2) is 0 Å². The normalized spacial score (nSPS) is 10.8. The molecule has 0 aliphatic rings. The lowest BCUT2D eigenvalue weighted by Crippen LogP contribution is -2.13. The molecule has 0 fully saturated rings. The number of amides is 1. The summed E-state index contributed by atoms with van der Waals surface area (Å²) in [6.07, 6.45) is 1.50. The van der Waals surface area contributed by atoms with E-state index in [1.807, 2.05) is 30.3 Å². The van der Waals surface area contributed by atoms with Gasteiger partial charge in [0.25, 0.3) is 5.91 Å². The SMILES string of the molecule is Cc1nn(Cc2ccccc2)c(Cl)c1C(=O)Nc1ccc(-n2cnnn2)cc1. The highest BCUT2D eigenvalue weighted by Gasteiger charge is 2.20. The van der Waals surface area contributed by atoms with E-state index in [-0.39, 0.29) is 5.91 Å². The number of carbonyl (C=O) groups excluding carboxylic acids is 1. The summed E-state index contributed by atoms with van der Waals surface area (Å²) in [7, 11) is 0. The predicted molar refractivity (Wildman–Crippen MR) is 105 cm³/mol. The van der Waals surface area contributed by atoms with E-state index >= 15 is 0 Å². The van der Waals surface area contributed by atoms with E-state index in [9.17, 15) is 4.79 Å². The lowest BCUT2D eigenvalue weighted by Gasteiger charge is -2.07. The van der Waals surface area contributed by atoms with Crippen molar-refractivity contribution in [2.24, 2.45) is 0 Å². The molecule has 0 atom stereocenters. The molecule has 8 nitrogen and oxygen atoms in total. The van der Waals surface area contributed by atoms with Gasteiger partial charge in [-0.1, -0.05) is 41.9 Å². The molecule has 2 heterocycles. The van der Waals surface area contributed by atoms with Crippen molar-refractivity contribution in [2.45, 2.75) is 13.5 Å². The molecule has 0 saturated carbocycles. The first-order valence-electron chi connectivity index (χ1n) is 8.53. The second-order valence-corrected chi connectivity index (χ2v) is 6.51. The number of tetrazole rings is 1. The average molecular weight is 394 g/mol. The minimum absolute atomic E-state index is 0.308. The number of hydrogen-bond donors (Lipinski definition) is 1. The van der Waals surface area contributed by atoms with Gasteiger partial charge in [-0.3, -0.25) is 4.79 Å². The van der Waals surface area contributed by atoms with Crippen LogP contribution in [0.15, 0.2) is 60.9 Å². The molecule has 28 heavy (non-hydrogen) atoms. The highest BCUT2D eigenvalue weighted by molar-refractivity contribution is 6.33. The van der Waals surface area contributed by atoms with Gasteiger partial charge in [0.2, 0.25) is 0 Å². The first-order valence-corrected chi connectivity index (χ1v) is 8.91. The van der Waals surface area contributed by atoms with Crippen LogP contribution < -0.4 is 5.32 Å². The largest absolute Gasteiger partial charge is 0.322 e. The number of nitrogens with one attached hydrogen (secondary N) is 1. The van der Waals surface area contributed by atoms with E-state index < -0.39 is 0 Å². The van der Waals surface area contributed by atoms with Gasteiger partial charge in [-0.15, -0.1) is 5.10 Å². The van der Waals surface area contributed by atoms with Crippen LogP contribution in [0.25, 0.3) is 5.69 Å². The smallest absolute Gasteiger partial charge is 0.260 e. The summed E-state index contributed by atoms with van der Waals surface area (Å²) < 4.78 is 3.15. The van der Waals surface area contributed by atoms with Crippen molar-refractivity contribution >= 4 is 23.2 Å². The number of aryl methyl sites for hydroxylation is 1. The third-order valence-corrected chi connectivity index (χ3v) is 4.59. The Labute approximate surface area is 165 Å². The highest BCUT2D eigenvalue weighted by Crippen LogP contribution is 2.23. The Bertz CT molecular complexity index is 1090. The van der Waals surface area contributed by atoms with Crippen molar-refractivity contribution in [3.63, 3.8) is 0 Å². The lowest BCUT2D eigenvalue weighted by molar-refractivity contribution is 0.102. The fourth-order valence-electron chi connectivity index (χ4n) is 2.84. The third-order valence-electron chi connectivity index (χ3n) is 4.21. The van der Waals surface area contributed by atoms with Gasteiger partial charge in [0, 0.05) is 5.69 Å². The van der Waals surface area contributed by atoms with Crippen molar-refractivity contribution in [3.8, 4) is 5.69 Å². The van der Waals surface area contributed by atoms with Crippen LogP contribution in [0.1, 0.15) is 21.6 Å². The third kappa shape index (κ3) is 3.63. The molecule has 0 bridgehead atoms. The monoisotopic (exact) mass is 393 g/mol. The number of benzene rings is 2. The summed E-state index contributed by atoms with van der Waals surface area (Å²) in [4.78, 5) is 12.7. The molecular formula is C19H16ClN7O. The van der Waals surface area contributed by atoms with E-state index in [0.29, 0.717) is 28.6 Å². The van der Waals surface area contributed by atoms with Crippen molar-refractivity contribution < 1.29 is 4.79 Å². The van der Waals surface area contributed by atoms with Crippen LogP contribution >= 0.6 is 11.6 Å². The molecule has 1 amide bonds. The molecule has 0 spiro atoms. The number of aromatic nitrogens is 6. The quantitative estimate of drug-likeness (QED) is 0.562. The topological polar surface area (TPSA) is 90.5 Å². The zero-order valence-corrected chi connectivity index (χ0v) is 15.7. The second-order valence-electron chi connectivity index (χ2n) is 6.15. The van der Waals surface area contributed by atoms with E-state index in [4.69, 9.17) is 11.6 Å². The van der Waals surface area contributed by atoms with Gasteiger partial charge < -0.3 is 5.32 Å². The number of hydrogen-bond acceptors (Lipinski definition) is 5. The van der Waals surface area contributed by atoms with Gasteiger partial charge >= 0.3 is 0 Å². The van der Waals surface area contributed by atoms with Gasteiger partial charge in [0.05, 0.1) is 23.5 Å². The number of carbonyl (C=O) groups is 1. The molecule has 140 valence electrons. The van der Waals surface area contributed by atoms with Crippen LogP contribution in [0.5, 0.6) is 0 Å². The first kappa shape index (κ1) is 17.9.